The monoisotopic (exact) mass is 430 g/mol. The summed E-state index contributed by atoms with van der Waals surface area (Å²) in [6, 6.07) is 11.2. The second-order valence-corrected chi connectivity index (χ2v) is 6.95. The van der Waals surface area contributed by atoms with Gasteiger partial charge in [0.2, 0.25) is 0 Å². The Balaban J connectivity index is 2.27. The van der Waals surface area contributed by atoms with Crippen LogP contribution in [-0.4, -0.2) is 17.9 Å². The van der Waals surface area contributed by atoms with E-state index in [9.17, 15) is 14.4 Å². The molecule has 6 nitrogen and oxygen atoms in total. The Morgan fingerprint density at radius 3 is 1.59 bits per heavy atom. The van der Waals surface area contributed by atoms with Gasteiger partial charge < -0.3 is 14.2 Å². The lowest BCUT2D eigenvalue weighted by molar-refractivity contribution is -0.132. The number of hydrogen-bond donors (Lipinski definition) is 0. The van der Waals surface area contributed by atoms with Crippen LogP contribution in [0, 0.1) is 11.8 Å². The lowest BCUT2D eigenvalue weighted by atomic mass is 10.1. The first-order valence-electron chi connectivity index (χ1n) is 9.46. The zero-order valence-electron chi connectivity index (χ0n) is 18.1. The SMILES string of the molecule is C=C(C)C(=O)Oc1ccc(C#Cc2ccc(OC(=O)C(=C)C)c(OC(=O)C(=C)C)c2)cc1. The molecule has 0 saturated heterocycles. The van der Waals surface area contributed by atoms with Gasteiger partial charge in [-0.2, -0.15) is 0 Å². The molecule has 2 rings (SSSR count). The van der Waals surface area contributed by atoms with Gasteiger partial charge in [-0.25, -0.2) is 14.4 Å². The maximum Gasteiger partial charge on any atom is 0.338 e. The predicted octanol–water partition coefficient (Wildman–Crippen LogP) is 4.53. The van der Waals surface area contributed by atoms with Crippen LogP contribution in [0.1, 0.15) is 31.9 Å². The number of hydrogen-bond acceptors (Lipinski definition) is 6. The number of esters is 3. The van der Waals surface area contributed by atoms with Gasteiger partial charge >= 0.3 is 17.9 Å². The van der Waals surface area contributed by atoms with Crippen molar-refractivity contribution < 1.29 is 28.6 Å². The van der Waals surface area contributed by atoms with Crippen LogP contribution in [0.3, 0.4) is 0 Å². The molecule has 2 aromatic rings. The fraction of sp³-hybridized carbons (Fsp3) is 0.115. The smallest absolute Gasteiger partial charge is 0.338 e. The first-order chi connectivity index (χ1) is 15.1. The molecule has 0 aromatic heterocycles. The second kappa shape index (κ2) is 10.6. The highest BCUT2D eigenvalue weighted by atomic mass is 16.6. The van der Waals surface area contributed by atoms with Crippen LogP contribution < -0.4 is 14.2 Å². The van der Waals surface area contributed by atoms with E-state index in [0.29, 0.717) is 22.4 Å². The molecule has 0 saturated carbocycles. The molecule has 0 unspecified atom stereocenters. The quantitative estimate of drug-likeness (QED) is 0.290. The summed E-state index contributed by atoms with van der Waals surface area (Å²) in [5, 5.41) is 0. The molecule has 0 fully saturated rings. The Hall–Kier alpha value is -4.37. The van der Waals surface area contributed by atoms with Gasteiger partial charge in [-0.1, -0.05) is 31.6 Å². The van der Waals surface area contributed by atoms with Crippen molar-refractivity contribution in [3.63, 3.8) is 0 Å². The van der Waals surface area contributed by atoms with Crippen LogP contribution >= 0.6 is 0 Å². The standard InChI is InChI=1S/C26H22O6/c1-16(2)24(27)30-21-12-9-19(10-13-21)7-8-20-11-14-22(31-25(28)17(3)4)23(15-20)32-26(29)18(5)6/h9-15H,1,3,5H2,2,4,6H3. The van der Waals surface area contributed by atoms with Crippen molar-refractivity contribution in [2.45, 2.75) is 20.8 Å². The molecule has 6 heteroatoms. The molecule has 0 spiro atoms. The summed E-state index contributed by atoms with van der Waals surface area (Å²) in [4.78, 5) is 35.4. The molecule has 0 aliphatic carbocycles. The third-order valence-electron chi connectivity index (χ3n) is 3.81. The lowest BCUT2D eigenvalue weighted by Gasteiger charge is -2.11. The lowest BCUT2D eigenvalue weighted by Crippen LogP contribution is -2.12. The summed E-state index contributed by atoms with van der Waals surface area (Å²) < 4.78 is 15.6. The topological polar surface area (TPSA) is 78.9 Å². The minimum Gasteiger partial charge on any atom is -0.423 e. The van der Waals surface area contributed by atoms with E-state index in [0.717, 1.165) is 0 Å². The highest BCUT2D eigenvalue weighted by molar-refractivity contribution is 5.91. The molecule has 0 aliphatic rings. The Kier molecular flexibility index (Phi) is 7.92. The fourth-order valence-corrected chi connectivity index (χ4v) is 2.07. The van der Waals surface area contributed by atoms with Crippen molar-refractivity contribution in [2.24, 2.45) is 0 Å². The molecular weight excluding hydrogens is 408 g/mol. The van der Waals surface area contributed by atoms with E-state index in [2.05, 4.69) is 31.6 Å². The molecule has 0 radical (unpaired) electrons. The van der Waals surface area contributed by atoms with Crippen molar-refractivity contribution in [1.29, 1.82) is 0 Å². The van der Waals surface area contributed by atoms with Crippen LogP contribution in [0.25, 0.3) is 0 Å². The van der Waals surface area contributed by atoms with Crippen LogP contribution in [0.2, 0.25) is 0 Å². The Morgan fingerprint density at radius 2 is 1.06 bits per heavy atom. The van der Waals surface area contributed by atoms with Crippen LogP contribution in [0.15, 0.2) is 78.9 Å². The largest absolute Gasteiger partial charge is 0.423 e. The minimum absolute atomic E-state index is 0.0291. The number of carbonyl (C=O) groups is 3. The predicted molar refractivity (Wildman–Crippen MR) is 120 cm³/mol. The number of carbonyl (C=O) groups excluding carboxylic acids is 3. The zero-order valence-corrected chi connectivity index (χ0v) is 18.1. The molecular formula is C26H22O6. The minimum atomic E-state index is -0.664. The third kappa shape index (κ3) is 6.85. The third-order valence-corrected chi connectivity index (χ3v) is 3.81. The maximum atomic E-state index is 12.0. The summed E-state index contributed by atoms with van der Waals surface area (Å²) in [5.74, 6) is 4.54. The molecule has 0 bridgehead atoms. The molecule has 32 heavy (non-hydrogen) atoms. The van der Waals surface area contributed by atoms with Crippen molar-refractivity contribution in [3.8, 4) is 29.1 Å². The van der Waals surface area contributed by atoms with Crippen LogP contribution in [0.4, 0.5) is 0 Å². The summed E-state index contributed by atoms with van der Waals surface area (Å²) >= 11 is 0. The van der Waals surface area contributed by atoms with E-state index >= 15 is 0 Å². The Bertz CT molecular complexity index is 1170. The van der Waals surface area contributed by atoms with Gasteiger partial charge in [0.15, 0.2) is 11.5 Å². The fourth-order valence-electron chi connectivity index (χ4n) is 2.07. The van der Waals surface area contributed by atoms with E-state index in [1.165, 1.54) is 26.0 Å². The molecule has 0 amide bonds. The van der Waals surface area contributed by atoms with Crippen molar-refractivity contribution >= 4 is 17.9 Å². The van der Waals surface area contributed by atoms with E-state index in [1.54, 1.807) is 37.3 Å². The normalized spacial score (nSPS) is 9.59. The van der Waals surface area contributed by atoms with Gasteiger partial charge in [0.25, 0.3) is 0 Å². The van der Waals surface area contributed by atoms with Gasteiger partial charge in [0.05, 0.1) is 0 Å². The van der Waals surface area contributed by atoms with Crippen molar-refractivity contribution in [1.82, 2.24) is 0 Å². The molecule has 2 aromatic carbocycles. The van der Waals surface area contributed by atoms with Crippen molar-refractivity contribution in [3.05, 3.63) is 90.0 Å². The Morgan fingerprint density at radius 1 is 0.625 bits per heavy atom. The average molecular weight is 430 g/mol. The van der Waals surface area contributed by atoms with Gasteiger partial charge in [0.1, 0.15) is 5.75 Å². The summed E-state index contributed by atoms with van der Waals surface area (Å²) in [6.07, 6.45) is 0. The van der Waals surface area contributed by atoms with Gasteiger partial charge in [-0.15, -0.1) is 0 Å². The van der Waals surface area contributed by atoms with Crippen molar-refractivity contribution in [2.75, 3.05) is 0 Å². The van der Waals surface area contributed by atoms with Crippen LogP contribution in [-0.2, 0) is 14.4 Å². The highest BCUT2D eigenvalue weighted by Gasteiger charge is 2.15. The number of ether oxygens (including phenoxy) is 3. The average Bonchev–Trinajstić information content (AvgIpc) is 2.74. The van der Waals surface area contributed by atoms with E-state index in [-0.39, 0.29) is 22.6 Å². The first kappa shape index (κ1) is 23.9. The Labute approximate surface area is 186 Å². The molecule has 0 N–H and O–H groups in total. The van der Waals surface area contributed by atoms with Crippen LogP contribution in [0.5, 0.6) is 17.2 Å². The van der Waals surface area contributed by atoms with Gasteiger partial charge in [0, 0.05) is 33.9 Å². The number of rotatable bonds is 6. The molecule has 0 atom stereocenters. The molecule has 0 heterocycles. The molecule has 0 aliphatic heterocycles. The van der Waals surface area contributed by atoms with Gasteiger partial charge in [-0.05, 0) is 57.2 Å². The second-order valence-electron chi connectivity index (χ2n) is 6.95. The summed E-state index contributed by atoms with van der Waals surface area (Å²) in [7, 11) is 0. The van der Waals surface area contributed by atoms with E-state index in [4.69, 9.17) is 14.2 Å². The maximum absolute atomic E-state index is 12.0. The number of benzene rings is 2. The highest BCUT2D eigenvalue weighted by Crippen LogP contribution is 2.29. The zero-order chi connectivity index (χ0) is 23.8. The summed E-state index contributed by atoms with van der Waals surface area (Å²) in [6.45, 7) is 15.2. The van der Waals surface area contributed by atoms with E-state index in [1.807, 2.05) is 0 Å². The van der Waals surface area contributed by atoms with Gasteiger partial charge in [-0.3, -0.25) is 0 Å². The summed E-state index contributed by atoms with van der Waals surface area (Å²) in [5.41, 5.74) is 1.87. The first-order valence-corrected chi connectivity index (χ1v) is 9.46. The molecule has 162 valence electrons. The van der Waals surface area contributed by atoms with E-state index < -0.39 is 17.9 Å².